The van der Waals surface area contributed by atoms with Crippen LogP contribution in [0.5, 0.6) is 0 Å². The quantitative estimate of drug-likeness (QED) is 0.508. The smallest absolute Gasteiger partial charge is 0.259 e. The van der Waals surface area contributed by atoms with Gasteiger partial charge in [-0.3, -0.25) is 9.59 Å². The third-order valence-electron chi connectivity index (χ3n) is 7.71. The van der Waals surface area contributed by atoms with Crippen LogP contribution in [0.25, 0.3) is 17.4 Å². The second-order valence-electron chi connectivity index (χ2n) is 10.0. The van der Waals surface area contributed by atoms with Crippen molar-refractivity contribution < 1.29 is 19.1 Å². The van der Waals surface area contributed by atoms with Crippen LogP contribution in [-0.2, 0) is 9.59 Å². The molecule has 37 heavy (non-hydrogen) atoms. The average molecular weight is 510 g/mol. The van der Waals surface area contributed by atoms with Gasteiger partial charge in [-0.2, -0.15) is 19.5 Å². The zero-order valence-electron chi connectivity index (χ0n) is 20.6. The van der Waals surface area contributed by atoms with E-state index in [4.69, 9.17) is 10.2 Å². The lowest BCUT2D eigenvalue weighted by Crippen LogP contribution is -2.55. The van der Waals surface area contributed by atoms with Crippen molar-refractivity contribution in [2.45, 2.75) is 50.7 Å². The van der Waals surface area contributed by atoms with Crippen LogP contribution in [0, 0.1) is 5.92 Å². The maximum Gasteiger partial charge on any atom is 0.259 e. The molecule has 0 spiro atoms. The Morgan fingerprint density at radius 3 is 2.38 bits per heavy atom. The molecule has 0 unspecified atom stereocenters. The lowest BCUT2D eigenvalue weighted by molar-refractivity contribution is -0.143. The Morgan fingerprint density at radius 1 is 0.946 bits per heavy atom. The molecular weight excluding hydrogens is 478 g/mol. The first-order chi connectivity index (χ1) is 18.0. The fraction of sp³-hybridized carbons (Fsp3) is 0.583. The Kier molecular flexibility index (Phi) is 6.14. The Balaban J connectivity index is 1.13. The highest BCUT2D eigenvalue weighted by atomic mass is 16.3. The lowest BCUT2D eigenvalue weighted by atomic mass is 9.86. The van der Waals surface area contributed by atoms with Gasteiger partial charge in [0.05, 0.1) is 12.4 Å². The van der Waals surface area contributed by atoms with Gasteiger partial charge in [0.2, 0.25) is 29.5 Å². The monoisotopic (exact) mass is 509 g/mol. The second kappa shape index (κ2) is 9.61. The van der Waals surface area contributed by atoms with Crippen molar-refractivity contribution >= 4 is 29.5 Å². The number of nitrogen functional groups attached to an aromatic ring is 1. The summed E-state index contributed by atoms with van der Waals surface area (Å²) in [7, 11) is 0. The molecule has 3 aromatic rings. The van der Waals surface area contributed by atoms with Gasteiger partial charge < -0.3 is 30.0 Å². The summed E-state index contributed by atoms with van der Waals surface area (Å²) >= 11 is 0. The van der Waals surface area contributed by atoms with E-state index >= 15 is 0 Å². The first-order valence-electron chi connectivity index (χ1n) is 12.9. The topological polar surface area (TPSA) is 159 Å². The van der Waals surface area contributed by atoms with Crippen molar-refractivity contribution in [2.24, 2.45) is 5.92 Å². The van der Waals surface area contributed by atoms with E-state index in [0.717, 1.165) is 19.3 Å². The number of aliphatic hydroxyl groups is 1. The van der Waals surface area contributed by atoms with E-state index in [1.165, 1.54) is 4.52 Å². The molecule has 5 heterocycles. The fourth-order valence-electron chi connectivity index (χ4n) is 5.63. The molecule has 13 nitrogen and oxygen atoms in total. The van der Waals surface area contributed by atoms with Crippen molar-refractivity contribution in [1.82, 2.24) is 34.4 Å². The van der Waals surface area contributed by atoms with Crippen molar-refractivity contribution in [3.63, 3.8) is 0 Å². The van der Waals surface area contributed by atoms with Crippen LogP contribution < -0.4 is 10.6 Å². The highest BCUT2D eigenvalue weighted by Crippen LogP contribution is 2.28. The Hall–Kier alpha value is -3.74. The predicted octanol–water partition coefficient (Wildman–Crippen LogP) is 0.552. The van der Waals surface area contributed by atoms with Crippen LogP contribution in [-0.4, -0.2) is 96.2 Å². The third-order valence-corrected chi connectivity index (χ3v) is 7.71. The van der Waals surface area contributed by atoms with E-state index < -0.39 is 6.04 Å². The van der Waals surface area contributed by atoms with Gasteiger partial charge in [-0.1, -0.05) is 0 Å². The number of aliphatic hydroxyl groups excluding tert-OH is 1. The minimum Gasteiger partial charge on any atom is -0.461 e. The molecule has 196 valence electrons. The summed E-state index contributed by atoms with van der Waals surface area (Å²) in [5, 5.41) is 14.1. The summed E-state index contributed by atoms with van der Waals surface area (Å²) in [6.07, 6.45) is 5.63. The van der Waals surface area contributed by atoms with Gasteiger partial charge in [0, 0.05) is 38.6 Å². The van der Waals surface area contributed by atoms with Crippen molar-refractivity contribution in [3.8, 4) is 11.6 Å². The largest absolute Gasteiger partial charge is 0.461 e. The Morgan fingerprint density at radius 2 is 1.68 bits per heavy atom. The van der Waals surface area contributed by atoms with Gasteiger partial charge in [-0.05, 0) is 50.7 Å². The van der Waals surface area contributed by atoms with Gasteiger partial charge >= 0.3 is 0 Å². The molecule has 13 heteroatoms. The van der Waals surface area contributed by atoms with E-state index in [-0.39, 0.29) is 35.6 Å². The summed E-state index contributed by atoms with van der Waals surface area (Å²) in [4.78, 5) is 45.5. The predicted molar refractivity (Wildman–Crippen MR) is 132 cm³/mol. The molecular formula is C24H31N9O4. The lowest BCUT2D eigenvalue weighted by Gasteiger charge is -2.39. The number of nitrogens with zero attached hydrogens (tertiary/aromatic N) is 8. The average Bonchev–Trinajstić information content (AvgIpc) is 3.69. The van der Waals surface area contributed by atoms with E-state index in [1.807, 2.05) is 14.7 Å². The van der Waals surface area contributed by atoms with Gasteiger partial charge in [0.15, 0.2) is 5.76 Å². The minimum atomic E-state index is -0.392. The highest BCUT2D eigenvalue weighted by Gasteiger charge is 2.38. The van der Waals surface area contributed by atoms with E-state index in [0.29, 0.717) is 69.5 Å². The van der Waals surface area contributed by atoms with Crippen LogP contribution in [0.3, 0.4) is 0 Å². The Bertz CT molecular complexity index is 1280. The number of hydrogen-bond acceptors (Lipinski definition) is 10. The van der Waals surface area contributed by atoms with Gasteiger partial charge in [-0.25, -0.2) is 0 Å². The van der Waals surface area contributed by atoms with Gasteiger partial charge in [0.1, 0.15) is 6.04 Å². The number of rotatable bonds is 4. The summed E-state index contributed by atoms with van der Waals surface area (Å²) in [6, 6.07) is 3.11. The Labute approximate surface area is 213 Å². The number of furan rings is 1. The second-order valence-corrected chi connectivity index (χ2v) is 10.0. The molecule has 6 rings (SSSR count). The molecule has 0 bridgehead atoms. The fourth-order valence-corrected chi connectivity index (χ4v) is 5.63. The normalized spacial score (nSPS) is 24.7. The molecule has 2 saturated heterocycles. The number of carbonyl (C=O) groups excluding carboxylic acids is 2. The highest BCUT2D eigenvalue weighted by molar-refractivity contribution is 5.86. The number of anilines is 2. The number of hydrogen-bond donors (Lipinski definition) is 2. The molecule has 2 amide bonds. The van der Waals surface area contributed by atoms with Crippen LogP contribution in [0.1, 0.15) is 38.5 Å². The molecule has 3 fully saturated rings. The summed E-state index contributed by atoms with van der Waals surface area (Å²) in [5.74, 6) is 1.78. The summed E-state index contributed by atoms with van der Waals surface area (Å²) in [5.41, 5.74) is 6.17. The number of nitrogens with two attached hydrogens (primary N) is 1. The minimum absolute atomic E-state index is 0.0149. The molecule has 2 aliphatic heterocycles. The van der Waals surface area contributed by atoms with Crippen LogP contribution in [0.15, 0.2) is 22.8 Å². The number of carbonyl (C=O) groups is 2. The first-order valence-corrected chi connectivity index (χ1v) is 12.9. The van der Waals surface area contributed by atoms with Crippen LogP contribution in [0.4, 0.5) is 11.9 Å². The first kappa shape index (κ1) is 23.6. The van der Waals surface area contributed by atoms with Crippen LogP contribution in [0.2, 0.25) is 0 Å². The molecule has 3 aliphatic rings. The van der Waals surface area contributed by atoms with Gasteiger partial charge in [0.25, 0.3) is 5.78 Å². The van der Waals surface area contributed by atoms with Gasteiger partial charge in [-0.15, -0.1) is 5.10 Å². The number of amides is 2. The molecule has 3 aromatic heterocycles. The zero-order valence-corrected chi connectivity index (χ0v) is 20.6. The van der Waals surface area contributed by atoms with E-state index in [9.17, 15) is 14.7 Å². The number of fused-ring (bicyclic) bond motifs is 1. The molecule has 3 N–H and O–H groups in total. The zero-order chi connectivity index (χ0) is 25.5. The number of piperazine rings is 1. The van der Waals surface area contributed by atoms with E-state index in [2.05, 4.69) is 20.1 Å². The summed E-state index contributed by atoms with van der Waals surface area (Å²) < 4.78 is 6.73. The van der Waals surface area contributed by atoms with E-state index in [1.54, 1.807) is 18.4 Å². The molecule has 1 aliphatic carbocycles. The molecule has 1 saturated carbocycles. The SMILES string of the molecule is Nc1nc(N2CCC[C@H]2C(=O)N2CCN(C(=O)C3CCC(O)CC3)CC2)nc2nc(-c3ccco3)nn12. The van der Waals surface area contributed by atoms with Crippen LogP contribution >= 0.6 is 0 Å². The molecule has 0 radical (unpaired) electrons. The van der Waals surface area contributed by atoms with Crippen molar-refractivity contribution in [1.29, 1.82) is 0 Å². The molecule has 0 aromatic carbocycles. The van der Waals surface area contributed by atoms with Crippen molar-refractivity contribution in [3.05, 3.63) is 18.4 Å². The number of aromatic nitrogens is 5. The maximum atomic E-state index is 13.5. The van der Waals surface area contributed by atoms with Crippen molar-refractivity contribution in [2.75, 3.05) is 43.4 Å². The molecule has 1 atom stereocenters. The summed E-state index contributed by atoms with van der Waals surface area (Å²) in [6.45, 7) is 2.70. The standard InChI is InChI=1S/C24H31N9O4/c25-22-27-23(28-24-26-19(29-33(22)24)18-4-2-14-37-18)32-9-1-3-17(32)21(36)31-12-10-30(11-13-31)20(35)15-5-7-16(34)8-6-15/h2,4,14-17,34H,1,3,5-13H2,(H2,25,26,27,28,29)/t15?,16?,17-/m0/s1. The third kappa shape index (κ3) is 4.47. The maximum absolute atomic E-state index is 13.5.